The predicted octanol–water partition coefficient (Wildman–Crippen LogP) is 3.34. The standard InChI is InChI=1S/C13H16ClN3O2S2/c1-3-13-16-8-10(20-13)7-15-9-4-5-12(11(14)6-9)17-21(2,18)19/h4-6,8,15,17H,3,7H2,1-2H3. The summed E-state index contributed by atoms with van der Waals surface area (Å²) in [6.45, 7) is 2.73. The number of rotatable bonds is 6. The van der Waals surface area contributed by atoms with E-state index in [9.17, 15) is 8.42 Å². The van der Waals surface area contributed by atoms with E-state index >= 15 is 0 Å². The second kappa shape index (κ2) is 6.64. The van der Waals surface area contributed by atoms with Gasteiger partial charge in [-0.2, -0.15) is 0 Å². The molecule has 0 aliphatic carbocycles. The molecule has 0 amide bonds. The summed E-state index contributed by atoms with van der Waals surface area (Å²) in [5.41, 5.74) is 1.20. The molecule has 0 radical (unpaired) electrons. The molecule has 0 unspecified atom stereocenters. The second-order valence-corrected chi connectivity index (χ2v) is 7.85. The lowest BCUT2D eigenvalue weighted by Gasteiger charge is -2.09. The van der Waals surface area contributed by atoms with Gasteiger partial charge in [-0.3, -0.25) is 4.72 Å². The summed E-state index contributed by atoms with van der Waals surface area (Å²) in [4.78, 5) is 5.43. The Bertz CT molecular complexity index is 729. The number of aromatic nitrogens is 1. The summed E-state index contributed by atoms with van der Waals surface area (Å²) in [6.07, 6.45) is 3.88. The van der Waals surface area contributed by atoms with Gasteiger partial charge in [-0.15, -0.1) is 11.3 Å². The first-order valence-electron chi connectivity index (χ1n) is 6.32. The molecule has 0 atom stereocenters. The lowest BCUT2D eigenvalue weighted by molar-refractivity contribution is 0.607. The Hall–Kier alpha value is -1.31. The van der Waals surface area contributed by atoms with Crippen LogP contribution in [0.3, 0.4) is 0 Å². The number of benzene rings is 1. The Balaban J connectivity index is 2.03. The van der Waals surface area contributed by atoms with Crippen molar-refractivity contribution in [1.82, 2.24) is 4.98 Å². The average Bonchev–Trinajstić information content (AvgIpc) is 2.86. The van der Waals surface area contributed by atoms with Crippen molar-refractivity contribution in [3.63, 3.8) is 0 Å². The zero-order valence-corrected chi connectivity index (χ0v) is 14.1. The van der Waals surface area contributed by atoms with Crippen LogP contribution in [0.15, 0.2) is 24.4 Å². The van der Waals surface area contributed by atoms with Crippen LogP contribution in [-0.4, -0.2) is 19.7 Å². The minimum atomic E-state index is -3.33. The van der Waals surface area contributed by atoms with Crippen molar-refractivity contribution < 1.29 is 8.42 Å². The van der Waals surface area contributed by atoms with Crippen molar-refractivity contribution in [3.05, 3.63) is 39.3 Å². The van der Waals surface area contributed by atoms with Crippen LogP contribution < -0.4 is 10.0 Å². The Morgan fingerprint density at radius 2 is 2.14 bits per heavy atom. The number of nitrogens with one attached hydrogen (secondary N) is 2. The molecule has 1 aromatic carbocycles. The fraction of sp³-hybridized carbons (Fsp3) is 0.308. The number of thiazole rings is 1. The molecule has 1 aromatic heterocycles. The molecule has 1 heterocycles. The normalized spacial score (nSPS) is 11.4. The Kier molecular flexibility index (Phi) is 5.08. The van der Waals surface area contributed by atoms with Crippen LogP contribution in [-0.2, 0) is 23.0 Å². The predicted molar refractivity (Wildman–Crippen MR) is 88.7 cm³/mol. The van der Waals surface area contributed by atoms with E-state index in [0.29, 0.717) is 17.3 Å². The molecule has 2 rings (SSSR count). The number of anilines is 2. The summed E-state index contributed by atoms with van der Waals surface area (Å²) in [6, 6.07) is 5.11. The Morgan fingerprint density at radius 1 is 1.38 bits per heavy atom. The highest BCUT2D eigenvalue weighted by molar-refractivity contribution is 7.92. The van der Waals surface area contributed by atoms with Crippen molar-refractivity contribution in [2.45, 2.75) is 19.9 Å². The van der Waals surface area contributed by atoms with E-state index in [1.165, 1.54) is 0 Å². The van der Waals surface area contributed by atoms with E-state index in [-0.39, 0.29) is 0 Å². The van der Waals surface area contributed by atoms with E-state index in [4.69, 9.17) is 11.6 Å². The molecule has 0 spiro atoms. The van der Waals surface area contributed by atoms with Gasteiger partial charge in [-0.25, -0.2) is 13.4 Å². The van der Waals surface area contributed by atoms with Crippen LogP contribution >= 0.6 is 22.9 Å². The molecule has 2 N–H and O–H groups in total. The molecule has 0 saturated heterocycles. The van der Waals surface area contributed by atoms with Gasteiger partial charge in [-0.1, -0.05) is 18.5 Å². The van der Waals surface area contributed by atoms with Crippen molar-refractivity contribution in [2.24, 2.45) is 0 Å². The van der Waals surface area contributed by atoms with Crippen LogP contribution in [0.4, 0.5) is 11.4 Å². The van der Waals surface area contributed by atoms with Gasteiger partial charge < -0.3 is 5.32 Å². The first-order valence-corrected chi connectivity index (χ1v) is 9.41. The van der Waals surface area contributed by atoms with Crippen LogP contribution in [0.5, 0.6) is 0 Å². The van der Waals surface area contributed by atoms with Crippen LogP contribution in [0.2, 0.25) is 5.02 Å². The first-order chi connectivity index (χ1) is 9.87. The Morgan fingerprint density at radius 3 is 2.71 bits per heavy atom. The van der Waals surface area contributed by atoms with E-state index < -0.39 is 10.0 Å². The first kappa shape index (κ1) is 16.1. The van der Waals surface area contributed by atoms with E-state index in [1.807, 2.05) is 6.20 Å². The smallest absolute Gasteiger partial charge is 0.229 e. The highest BCUT2D eigenvalue weighted by Crippen LogP contribution is 2.26. The van der Waals surface area contributed by atoms with Crippen LogP contribution in [0.1, 0.15) is 16.8 Å². The minimum absolute atomic E-state index is 0.351. The van der Waals surface area contributed by atoms with Gasteiger partial charge in [0, 0.05) is 16.8 Å². The van der Waals surface area contributed by atoms with Crippen molar-refractivity contribution in [2.75, 3.05) is 16.3 Å². The van der Waals surface area contributed by atoms with Crippen molar-refractivity contribution in [1.29, 1.82) is 0 Å². The molecule has 0 bridgehead atoms. The third-order valence-corrected chi connectivity index (χ3v) is 4.68. The highest BCUT2D eigenvalue weighted by Gasteiger charge is 2.07. The number of hydrogen-bond donors (Lipinski definition) is 2. The van der Waals surface area contributed by atoms with Crippen molar-refractivity contribution >= 4 is 44.3 Å². The van der Waals surface area contributed by atoms with E-state index in [1.54, 1.807) is 29.5 Å². The van der Waals surface area contributed by atoms with Gasteiger partial charge in [0.2, 0.25) is 10.0 Å². The lowest BCUT2D eigenvalue weighted by Crippen LogP contribution is -2.10. The molecular formula is C13H16ClN3O2S2. The highest BCUT2D eigenvalue weighted by atomic mass is 35.5. The second-order valence-electron chi connectivity index (χ2n) is 4.50. The van der Waals surface area contributed by atoms with Crippen molar-refractivity contribution in [3.8, 4) is 0 Å². The maximum absolute atomic E-state index is 11.2. The average molecular weight is 346 g/mol. The molecular weight excluding hydrogens is 330 g/mol. The molecule has 0 aliphatic heterocycles. The molecule has 21 heavy (non-hydrogen) atoms. The van der Waals surface area contributed by atoms with Gasteiger partial charge >= 0.3 is 0 Å². The molecule has 114 valence electrons. The van der Waals surface area contributed by atoms with Gasteiger partial charge in [0.25, 0.3) is 0 Å². The number of halogens is 1. The third kappa shape index (κ3) is 4.87. The number of aryl methyl sites for hydroxylation is 1. The topological polar surface area (TPSA) is 71.1 Å². The summed E-state index contributed by atoms with van der Waals surface area (Å²) in [7, 11) is -3.33. The third-order valence-electron chi connectivity index (χ3n) is 2.64. The van der Waals surface area contributed by atoms with Gasteiger partial charge in [0.1, 0.15) is 0 Å². The fourth-order valence-electron chi connectivity index (χ4n) is 1.69. The zero-order valence-electron chi connectivity index (χ0n) is 11.7. The zero-order chi connectivity index (χ0) is 15.5. The van der Waals surface area contributed by atoms with E-state index in [0.717, 1.165) is 28.2 Å². The number of hydrogen-bond acceptors (Lipinski definition) is 5. The lowest BCUT2D eigenvalue weighted by atomic mass is 10.3. The molecule has 5 nitrogen and oxygen atoms in total. The van der Waals surface area contributed by atoms with E-state index in [2.05, 4.69) is 21.9 Å². The van der Waals surface area contributed by atoms with Gasteiger partial charge in [0.15, 0.2) is 0 Å². The fourth-order valence-corrected chi connectivity index (χ4v) is 3.35. The molecule has 0 aliphatic rings. The summed E-state index contributed by atoms with van der Waals surface area (Å²) >= 11 is 7.74. The van der Waals surface area contributed by atoms with Gasteiger partial charge in [0.05, 0.1) is 28.5 Å². The minimum Gasteiger partial charge on any atom is -0.380 e. The molecule has 8 heteroatoms. The maximum atomic E-state index is 11.2. The molecule has 0 fully saturated rings. The van der Waals surface area contributed by atoms with Gasteiger partial charge in [-0.05, 0) is 24.6 Å². The monoisotopic (exact) mass is 345 g/mol. The summed E-state index contributed by atoms with van der Waals surface area (Å²) in [5.74, 6) is 0. The summed E-state index contributed by atoms with van der Waals surface area (Å²) < 4.78 is 24.7. The maximum Gasteiger partial charge on any atom is 0.229 e. The quantitative estimate of drug-likeness (QED) is 0.842. The van der Waals surface area contributed by atoms with Crippen LogP contribution in [0, 0.1) is 0 Å². The molecule has 2 aromatic rings. The number of nitrogens with zero attached hydrogens (tertiary/aromatic N) is 1. The SMILES string of the molecule is CCc1ncc(CNc2ccc(NS(C)(=O)=O)c(Cl)c2)s1. The largest absolute Gasteiger partial charge is 0.380 e. The summed E-state index contributed by atoms with van der Waals surface area (Å²) in [5, 5.41) is 4.70. The Labute approximate surface area is 133 Å². The number of sulfonamides is 1. The van der Waals surface area contributed by atoms with Crippen LogP contribution in [0.25, 0.3) is 0 Å². The molecule has 0 saturated carbocycles.